The van der Waals surface area contributed by atoms with Crippen molar-refractivity contribution >= 4 is 12.0 Å². The van der Waals surface area contributed by atoms with Gasteiger partial charge in [0.25, 0.3) is 5.91 Å². The fourth-order valence-electron chi connectivity index (χ4n) is 0.924. The molecule has 4 N–H and O–H groups in total. The summed E-state index contributed by atoms with van der Waals surface area (Å²) < 4.78 is 4.65. The first kappa shape index (κ1) is 12.7. The van der Waals surface area contributed by atoms with Crippen molar-refractivity contribution in [2.24, 2.45) is 11.8 Å². The SMILES string of the molecule is CCOC(=O)NC(C(=O)NN)C(C)C. The van der Waals surface area contributed by atoms with Crippen LogP contribution in [0.25, 0.3) is 0 Å². The van der Waals surface area contributed by atoms with Crippen LogP contribution in [0.5, 0.6) is 0 Å². The number of hydrogen-bond donors (Lipinski definition) is 3. The number of ether oxygens (including phenoxy) is 1. The van der Waals surface area contributed by atoms with Gasteiger partial charge < -0.3 is 10.1 Å². The molecule has 14 heavy (non-hydrogen) atoms. The summed E-state index contributed by atoms with van der Waals surface area (Å²) >= 11 is 0. The van der Waals surface area contributed by atoms with Crippen molar-refractivity contribution in [2.45, 2.75) is 26.8 Å². The van der Waals surface area contributed by atoms with E-state index in [1.54, 1.807) is 20.8 Å². The van der Waals surface area contributed by atoms with Gasteiger partial charge in [-0.05, 0) is 12.8 Å². The van der Waals surface area contributed by atoms with E-state index in [1.165, 1.54) is 0 Å². The Bertz CT molecular complexity index is 206. The summed E-state index contributed by atoms with van der Waals surface area (Å²) in [5, 5.41) is 2.41. The predicted molar refractivity (Wildman–Crippen MR) is 51.1 cm³/mol. The molecule has 0 saturated heterocycles. The number of hydrogen-bond acceptors (Lipinski definition) is 4. The van der Waals surface area contributed by atoms with E-state index in [4.69, 9.17) is 5.84 Å². The molecule has 0 spiro atoms. The summed E-state index contributed by atoms with van der Waals surface area (Å²) in [5.41, 5.74) is 1.98. The van der Waals surface area contributed by atoms with E-state index >= 15 is 0 Å². The summed E-state index contributed by atoms with van der Waals surface area (Å²) in [7, 11) is 0. The minimum Gasteiger partial charge on any atom is -0.450 e. The number of nitrogens with two attached hydrogens (primary N) is 1. The van der Waals surface area contributed by atoms with E-state index < -0.39 is 18.0 Å². The number of alkyl carbamates (subject to hydrolysis) is 1. The van der Waals surface area contributed by atoms with E-state index in [1.807, 2.05) is 5.43 Å². The van der Waals surface area contributed by atoms with E-state index in [2.05, 4.69) is 10.1 Å². The Morgan fingerprint density at radius 1 is 1.43 bits per heavy atom. The highest BCUT2D eigenvalue weighted by molar-refractivity contribution is 5.85. The van der Waals surface area contributed by atoms with Crippen molar-refractivity contribution in [3.8, 4) is 0 Å². The first-order valence-electron chi connectivity index (χ1n) is 4.46. The normalized spacial score (nSPS) is 12.1. The molecule has 0 fully saturated rings. The van der Waals surface area contributed by atoms with E-state index in [0.29, 0.717) is 0 Å². The maximum absolute atomic E-state index is 11.2. The molecule has 6 heteroatoms. The van der Waals surface area contributed by atoms with E-state index in [0.717, 1.165) is 0 Å². The largest absolute Gasteiger partial charge is 0.450 e. The molecule has 0 heterocycles. The minimum atomic E-state index is -0.668. The van der Waals surface area contributed by atoms with Crippen molar-refractivity contribution in [3.63, 3.8) is 0 Å². The highest BCUT2D eigenvalue weighted by Crippen LogP contribution is 2.01. The highest BCUT2D eigenvalue weighted by Gasteiger charge is 2.23. The van der Waals surface area contributed by atoms with Gasteiger partial charge in [-0.15, -0.1) is 0 Å². The molecule has 1 unspecified atom stereocenters. The molecule has 0 aromatic rings. The second-order valence-corrected chi connectivity index (χ2v) is 3.10. The zero-order valence-electron chi connectivity index (χ0n) is 8.66. The van der Waals surface area contributed by atoms with Crippen molar-refractivity contribution in [1.82, 2.24) is 10.7 Å². The number of carbonyl (C=O) groups excluding carboxylic acids is 2. The molecule has 0 aliphatic rings. The number of carbonyl (C=O) groups is 2. The van der Waals surface area contributed by atoms with Gasteiger partial charge in [0.05, 0.1) is 6.61 Å². The Morgan fingerprint density at radius 2 is 2.00 bits per heavy atom. The third-order valence-corrected chi connectivity index (χ3v) is 1.64. The van der Waals surface area contributed by atoms with Gasteiger partial charge in [0, 0.05) is 0 Å². The Labute approximate surface area is 83.1 Å². The lowest BCUT2D eigenvalue weighted by molar-refractivity contribution is -0.124. The molecule has 0 radical (unpaired) electrons. The highest BCUT2D eigenvalue weighted by atomic mass is 16.5. The molecule has 0 aliphatic heterocycles. The molecule has 0 rings (SSSR count). The number of amides is 2. The second kappa shape index (κ2) is 6.20. The fourth-order valence-corrected chi connectivity index (χ4v) is 0.924. The molecule has 0 aromatic heterocycles. The molecule has 6 nitrogen and oxygen atoms in total. The lowest BCUT2D eigenvalue weighted by Gasteiger charge is -2.19. The van der Waals surface area contributed by atoms with E-state index in [-0.39, 0.29) is 12.5 Å². The average Bonchev–Trinajstić information content (AvgIpc) is 2.13. The van der Waals surface area contributed by atoms with Crippen molar-refractivity contribution in [3.05, 3.63) is 0 Å². The Kier molecular flexibility index (Phi) is 5.62. The lowest BCUT2D eigenvalue weighted by atomic mass is 10.0. The third kappa shape index (κ3) is 4.08. The fraction of sp³-hybridized carbons (Fsp3) is 0.750. The first-order chi connectivity index (χ1) is 6.52. The zero-order valence-corrected chi connectivity index (χ0v) is 8.66. The zero-order chi connectivity index (χ0) is 11.1. The Morgan fingerprint density at radius 3 is 2.36 bits per heavy atom. The summed E-state index contributed by atoms with van der Waals surface area (Å²) in [6.07, 6.45) is -0.616. The molecular weight excluding hydrogens is 186 g/mol. The Balaban J connectivity index is 4.23. The van der Waals surface area contributed by atoms with Crippen LogP contribution >= 0.6 is 0 Å². The topological polar surface area (TPSA) is 93.4 Å². The van der Waals surface area contributed by atoms with Crippen LogP contribution in [0.1, 0.15) is 20.8 Å². The summed E-state index contributed by atoms with van der Waals surface area (Å²) in [4.78, 5) is 22.2. The minimum absolute atomic E-state index is 0.0528. The molecule has 0 saturated carbocycles. The Hall–Kier alpha value is -1.30. The molecule has 1 atom stereocenters. The molecule has 0 aliphatic carbocycles. The molecule has 0 aromatic carbocycles. The summed E-state index contributed by atoms with van der Waals surface area (Å²) in [6, 6.07) is -0.668. The molecule has 0 bridgehead atoms. The van der Waals surface area contributed by atoms with Crippen LogP contribution in [0.3, 0.4) is 0 Å². The van der Waals surface area contributed by atoms with E-state index in [9.17, 15) is 9.59 Å². The van der Waals surface area contributed by atoms with Crippen LogP contribution < -0.4 is 16.6 Å². The van der Waals surface area contributed by atoms with Gasteiger partial charge in [-0.25, -0.2) is 10.6 Å². The van der Waals surface area contributed by atoms with Gasteiger partial charge in [-0.1, -0.05) is 13.8 Å². The second-order valence-electron chi connectivity index (χ2n) is 3.10. The summed E-state index contributed by atoms with van der Waals surface area (Å²) in [6.45, 7) is 5.55. The quantitative estimate of drug-likeness (QED) is 0.333. The van der Waals surface area contributed by atoms with Crippen LogP contribution in [0.2, 0.25) is 0 Å². The smallest absolute Gasteiger partial charge is 0.407 e. The third-order valence-electron chi connectivity index (χ3n) is 1.64. The molecule has 82 valence electrons. The maximum Gasteiger partial charge on any atom is 0.407 e. The summed E-state index contributed by atoms with van der Waals surface area (Å²) in [5.74, 6) is 4.48. The van der Waals surface area contributed by atoms with Gasteiger partial charge in [0.15, 0.2) is 0 Å². The van der Waals surface area contributed by atoms with Gasteiger partial charge in [-0.2, -0.15) is 0 Å². The maximum atomic E-state index is 11.2. The van der Waals surface area contributed by atoms with Gasteiger partial charge in [-0.3, -0.25) is 10.2 Å². The van der Waals surface area contributed by atoms with Crippen molar-refractivity contribution < 1.29 is 14.3 Å². The van der Waals surface area contributed by atoms with Gasteiger partial charge >= 0.3 is 6.09 Å². The monoisotopic (exact) mass is 203 g/mol. The number of hydrazine groups is 1. The van der Waals surface area contributed by atoms with Crippen LogP contribution in [0.15, 0.2) is 0 Å². The number of nitrogens with one attached hydrogen (secondary N) is 2. The van der Waals surface area contributed by atoms with Crippen LogP contribution in [0.4, 0.5) is 4.79 Å². The van der Waals surface area contributed by atoms with Crippen molar-refractivity contribution in [2.75, 3.05) is 6.61 Å². The van der Waals surface area contributed by atoms with Gasteiger partial charge in [0.2, 0.25) is 0 Å². The molecule has 2 amide bonds. The predicted octanol–water partition coefficient (Wildman–Crippen LogP) is -0.253. The van der Waals surface area contributed by atoms with Crippen LogP contribution in [-0.4, -0.2) is 24.6 Å². The lowest BCUT2D eigenvalue weighted by Crippen LogP contribution is -2.51. The molecular formula is C8H17N3O3. The average molecular weight is 203 g/mol. The van der Waals surface area contributed by atoms with Crippen molar-refractivity contribution in [1.29, 1.82) is 0 Å². The standard InChI is InChI=1S/C8H17N3O3/c1-4-14-8(13)10-6(5(2)3)7(12)11-9/h5-6H,4,9H2,1-3H3,(H,10,13)(H,11,12). The number of rotatable bonds is 4. The van der Waals surface area contributed by atoms with Crippen LogP contribution in [0, 0.1) is 5.92 Å². The van der Waals surface area contributed by atoms with Crippen LogP contribution in [-0.2, 0) is 9.53 Å². The van der Waals surface area contributed by atoms with Gasteiger partial charge in [0.1, 0.15) is 6.04 Å². The first-order valence-corrected chi connectivity index (χ1v) is 4.46.